The molecule has 118 valence electrons. The van der Waals surface area contributed by atoms with Crippen LogP contribution < -0.4 is 5.32 Å². The molecule has 2 heterocycles. The van der Waals surface area contributed by atoms with Crippen molar-refractivity contribution in [2.75, 3.05) is 5.32 Å². The van der Waals surface area contributed by atoms with Gasteiger partial charge in [-0.3, -0.25) is 4.89 Å². The molecule has 0 unspecified atom stereocenters. The number of rotatable bonds is 3. The summed E-state index contributed by atoms with van der Waals surface area (Å²) in [7, 11) is 0. The highest BCUT2D eigenvalue weighted by Gasteiger charge is 2.23. The van der Waals surface area contributed by atoms with E-state index < -0.39 is 17.6 Å². The van der Waals surface area contributed by atoms with Crippen LogP contribution in [0.3, 0.4) is 0 Å². The van der Waals surface area contributed by atoms with E-state index in [-0.39, 0.29) is 21.6 Å². The van der Waals surface area contributed by atoms with Gasteiger partial charge in [-0.1, -0.05) is 17.4 Å². The van der Waals surface area contributed by atoms with E-state index >= 15 is 0 Å². The molecule has 2 aromatic heterocycles. The number of aromatic nitrogens is 1. The zero-order valence-corrected chi connectivity index (χ0v) is 12.6. The fraction of sp³-hybridized carbons (Fsp3) is 0.0667. The van der Waals surface area contributed by atoms with Crippen LogP contribution in [0.2, 0.25) is 0 Å². The first-order valence-corrected chi connectivity index (χ1v) is 7.28. The van der Waals surface area contributed by atoms with E-state index in [0.29, 0.717) is 4.83 Å². The maximum atomic E-state index is 14.0. The maximum Gasteiger partial charge on any atom is 0.376 e. The molecule has 0 aliphatic rings. The Bertz CT molecular complexity index is 911. The summed E-state index contributed by atoms with van der Waals surface area (Å²) in [6, 6.07) is 5.64. The Kier molecular flexibility index (Phi) is 3.93. The van der Waals surface area contributed by atoms with Gasteiger partial charge in [0.05, 0.1) is 11.9 Å². The van der Waals surface area contributed by atoms with Crippen molar-refractivity contribution < 1.29 is 23.7 Å². The lowest BCUT2D eigenvalue weighted by molar-refractivity contribution is -0.182. The standard InChI is InChI=1S/C15H10F2N2O3S/c1-7-2-3-11(10(17)4-7)19-14-12(15(20)22-21)9-5-8(16)6-18-13(9)23-14/h2-6,19,21H,1H3. The van der Waals surface area contributed by atoms with Gasteiger partial charge in [-0.05, 0) is 30.7 Å². The number of anilines is 2. The van der Waals surface area contributed by atoms with E-state index in [9.17, 15) is 13.6 Å². The molecule has 5 nitrogen and oxygen atoms in total. The minimum absolute atomic E-state index is 0.112. The first-order valence-electron chi connectivity index (χ1n) is 6.46. The topological polar surface area (TPSA) is 71.5 Å². The van der Waals surface area contributed by atoms with Gasteiger partial charge in [-0.15, -0.1) is 0 Å². The van der Waals surface area contributed by atoms with E-state index in [4.69, 9.17) is 5.26 Å². The molecular formula is C15H10F2N2O3S. The van der Waals surface area contributed by atoms with Crippen molar-refractivity contribution in [1.82, 2.24) is 4.98 Å². The number of fused-ring (bicyclic) bond motifs is 1. The summed E-state index contributed by atoms with van der Waals surface area (Å²) in [5.41, 5.74) is 0.761. The minimum atomic E-state index is -1.08. The number of hydrogen-bond acceptors (Lipinski definition) is 6. The zero-order valence-electron chi connectivity index (χ0n) is 11.8. The molecule has 0 saturated carbocycles. The van der Waals surface area contributed by atoms with Crippen LogP contribution in [0.4, 0.5) is 19.5 Å². The smallest absolute Gasteiger partial charge is 0.344 e. The van der Waals surface area contributed by atoms with Crippen LogP contribution in [0.5, 0.6) is 0 Å². The van der Waals surface area contributed by atoms with Crippen molar-refractivity contribution in [3.8, 4) is 0 Å². The molecule has 0 bridgehead atoms. The van der Waals surface area contributed by atoms with E-state index in [1.807, 2.05) is 0 Å². The van der Waals surface area contributed by atoms with Gasteiger partial charge in [0.1, 0.15) is 27.0 Å². The highest BCUT2D eigenvalue weighted by molar-refractivity contribution is 7.23. The summed E-state index contributed by atoms with van der Waals surface area (Å²) in [6.07, 6.45) is 1.00. The average Bonchev–Trinajstić information content (AvgIpc) is 2.86. The zero-order chi connectivity index (χ0) is 16.6. The van der Waals surface area contributed by atoms with Gasteiger partial charge < -0.3 is 5.32 Å². The van der Waals surface area contributed by atoms with Crippen LogP contribution >= 0.6 is 11.3 Å². The fourth-order valence-corrected chi connectivity index (χ4v) is 3.16. The van der Waals surface area contributed by atoms with E-state index in [1.54, 1.807) is 13.0 Å². The molecule has 2 N–H and O–H groups in total. The van der Waals surface area contributed by atoms with E-state index in [1.165, 1.54) is 12.1 Å². The highest BCUT2D eigenvalue weighted by Crippen LogP contribution is 2.37. The predicted molar refractivity (Wildman–Crippen MR) is 82.0 cm³/mol. The lowest BCUT2D eigenvalue weighted by Crippen LogP contribution is -2.04. The van der Waals surface area contributed by atoms with Gasteiger partial charge in [0.2, 0.25) is 0 Å². The number of aryl methyl sites for hydroxylation is 1. The van der Waals surface area contributed by atoms with E-state index in [0.717, 1.165) is 29.2 Å². The van der Waals surface area contributed by atoms with Crippen molar-refractivity contribution in [3.05, 3.63) is 53.2 Å². The van der Waals surface area contributed by atoms with Crippen LogP contribution in [0, 0.1) is 18.6 Å². The highest BCUT2D eigenvalue weighted by atomic mass is 32.1. The van der Waals surface area contributed by atoms with E-state index in [2.05, 4.69) is 15.2 Å². The first kappa shape index (κ1) is 15.3. The van der Waals surface area contributed by atoms with Crippen molar-refractivity contribution in [3.63, 3.8) is 0 Å². The summed E-state index contributed by atoms with van der Waals surface area (Å²) in [5.74, 6) is -2.24. The predicted octanol–water partition coefficient (Wildman–Crippen LogP) is 4.26. The Balaban J connectivity index is 2.14. The number of pyridine rings is 1. The number of hydrogen-bond donors (Lipinski definition) is 2. The molecule has 0 atom stereocenters. The quantitative estimate of drug-likeness (QED) is 0.552. The van der Waals surface area contributed by atoms with Crippen LogP contribution in [0.15, 0.2) is 30.5 Å². The van der Waals surface area contributed by atoms with Gasteiger partial charge in [0.25, 0.3) is 0 Å². The second-order valence-corrected chi connectivity index (χ2v) is 5.80. The van der Waals surface area contributed by atoms with Gasteiger partial charge in [-0.2, -0.15) is 5.26 Å². The largest absolute Gasteiger partial charge is 0.376 e. The van der Waals surface area contributed by atoms with Crippen LogP contribution in [-0.2, 0) is 4.89 Å². The third-order valence-electron chi connectivity index (χ3n) is 3.17. The Morgan fingerprint density at radius 1 is 1.35 bits per heavy atom. The molecular weight excluding hydrogens is 326 g/mol. The molecule has 0 spiro atoms. The van der Waals surface area contributed by atoms with Crippen LogP contribution in [0.1, 0.15) is 15.9 Å². The Hall–Kier alpha value is -2.58. The number of thiophene rings is 1. The Morgan fingerprint density at radius 3 is 2.83 bits per heavy atom. The lowest BCUT2D eigenvalue weighted by Gasteiger charge is -2.07. The third-order valence-corrected chi connectivity index (χ3v) is 4.20. The van der Waals surface area contributed by atoms with Gasteiger partial charge in [0.15, 0.2) is 0 Å². The van der Waals surface area contributed by atoms with Gasteiger partial charge >= 0.3 is 5.97 Å². The maximum absolute atomic E-state index is 14.0. The fourth-order valence-electron chi connectivity index (χ4n) is 2.14. The molecule has 0 amide bonds. The van der Waals surface area contributed by atoms with Crippen molar-refractivity contribution in [1.29, 1.82) is 0 Å². The van der Waals surface area contributed by atoms with Crippen LogP contribution in [-0.4, -0.2) is 16.2 Å². The minimum Gasteiger partial charge on any atom is -0.344 e. The number of halogens is 2. The summed E-state index contributed by atoms with van der Waals surface area (Å²) in [6.45, 7) is 1.74. The number of benzene rings is 1. The number of carbonyl (C=O) groups excluding carboxylic acids is 1. The molecule has 0 fully saturated rings. The number of nitrogens with one attached hydrogen (secondary N) is 1. The Labute approximate surface area is 133 Å². The molecule has 1 aromatic carbocycles. The Morgan fingerprint density at radius 2 is 2.13 bits per heavy atom. The summed E-state index contributed by atoms with van der Waals surface area (Å²) in [5, 5.41) is 11.8. The summed E-state index contributed by atoms with van der Waals surface area (Å²) in [4.78, 5) is 19.8. The van der Waals surface area contributed by atoms with Crippen LogP contribution in [0.25, 0.3) is 10.2 Å². The third kappa shape index (κ3) is 2.86. The van der Waals surface area contributed by atoms with Crippen molar-refractivity contribution in [2.24, 2.45) is 0 Å². The van der Waals surface area contributed by atoms with Crippen molar-refractivity contribution >= 4 is 38.2 Å². The molecule has 0 radical (unpaired) electrons. The molecule has 8 heteroatoms. The van der Waals surface area contributed by atoms with Gasteiger partial charge in [-0.25, -0.2) is 18.6 Å². The molecule has 0 aliphatic heterocycles. The number of nitrogens with zero attached hydrogens (tertiary/aromatic N) is 1. The normalized spacial score (nSPS) is 10.8. The molecule has 3 rings (SSSR count). The second kappa shape index (κ2) is 5.90. The molecule has 3 aromatic rings. The molecule has 0 saturated heterocycles. The first-order chi connectivity index (χ1) is 11.0. The lowest BCUT2D eigenvalue weighted by atomic mass is 10.2. The summed E-state index contributed by atoms with van der Waals surface area (Å²) >= 11 is 1.02. The second-order valence-electron chi connectivity index (χ2n) is 4.80. The SMILES string of the molecule is Cc1ccc(Nc2sc3ncc(F)cc3c2C(=O)OO)c(F)c1. The average molecular weight is 336 g/mol. The molecule has 0 aliphatic carbocycles. The molecule has 23 heavy (non-hydrogen) atoms. The monoisotopic (exact) mass is 336 g/mol. The van der Waals surface area contributed by atoms with Crippen molar-refractivity contribution in [2.45, 2.75) is 6.92 Å². The van der Waals surface area contributed by atoms with Gasteiger partial charge in [0, 0.05) is 5.39 Å². The number of carbonyl (C=O) groups is 1. The summed E-state index contributed by atoms with van der Waals surface area (Å²) < 4.78 is 27.3.